The van der Waals surface area contributed by atoms with Crippen molar-refractivity contribution in [2.24, 2.45) is 5.73 Å². The SMILES string of the molecule is CC(Oc1cc(-n2cnc3cc(COS(C)(=O)=O)ncc32)sc1C(N)=O)c1ccccc1F. The zero-order valence-corrected chi connectivity index (χ0v) is 19.2. The highest BCUT2D eigenvalue weighted by Gasteiger charge is 2.21. The van der Waals surface area contributed by atoms with Gasteiger partial charge in [-0.2, -0.15) is 8.42 Å². The van der Waals surface area contributed by atoms with Gasteiger partial charge >= 0.3 is 0 Å². The second-order valence-corrected chi connectivity index (χ2v) is 9.84. The van der Waals surface area contributed by atoms with Gasteiger partial charge in [0.2, 0.25) is 0 Å². The second-order valence-electron chi connectivity index (χ2n) is 7.17. The Hall–Kier alpha value is -3.35. The van der Waals surface area contributed by atoms with Crippen molar-refractivity contribution in [1.82, 2.24) is 14.5 Å². The zero-order valence-electron chi connectivity index (χ0n) is 17.6. The van der Waals surface area contributed by atoms with Crippen molar-refractivity contribution in [3.05, 3.63) is 70.9 Å². The third-order valence-corrected chi connectivity index (χ3v) is 6.38. The van der Waals surface area contributed by atoms with Gasteiger partial charge in [-0.25, -0.2) is 9.37 Å². The molecule has 0 aliphatic heterocycles. The summed E-state index contributed by atoms with van der Waals surface area (Å²) in [7, 11) is -3.60. The van der Waals surface area contributed by atoms with E-state index in [1.165, 1.54) is 18.6 Å². The number of pyridine rings is 1. The van der Waals surface area contributed by atoms with Crippen molar-refractivity contribution in [2.45, 2.75) is 19.6 Å². The Morgan fingerprint density at radius 1 is 1.27 bits per heavy atom. The number of carbonyl (C=O) groups excluding carboxylic acids is 1. The van der Waals surface area contributed by atoms with Crippen LogP contribution in [0.3, 0.4) is 0 Å². The number of carbonyl (C=O) groups is 1. The summed E-state index contributed by atoms with van der Waals surface area (Å²) in [5.41, 5.74) is 7.45. The molecule has 172 valence electrons. The first kappa shape index (κ1) is 22.8. The zero-order chi connectivity index (χ0) is 23.8. The van der Waals surface area contributed by atoms with Crippen LogP contribution in [0.15, 0.2) is 48.9 Å². The minimum absolute atomic E-state index is 0.182. The lowest BCUT2D eigenvalue weighted by Gasteiger charge is -2.15. The van der Waals surface area contributed by atoms with E-state index in [1.807, 2.05) is 0 Å². The Labute approximate surface area is 192 Å². The first-order chi connectivity index (χ1) is 15.6. The number of nitrogens with two attached hydrogens (primary N) is 1. The number of aromatic nitrogens is 3. The number of hydrogen-bond acceptors (Lipinski definition) is 8. The molecular weight excluding hydrogens is 471 g/mol. The summed E-state index contributed by atoms with van der Waals surface area (Å²) in [5, 5.41) is 0.587. The van der Waals surface area contributed by atoms with Gasteiger partial charge in [0.05, 0.1) is 29.2 Å². The van der Waals surface area contributed by atoms with E-state index in [0.717, 1.165) is 17.6 Å². The number of nitrogens with zero attached hydrogens (tertiary/aromatic N) is 3. The fourth-order valence-electron chi connectivity index (χ4n) is 3.17. The maximum atomic E-state index is 14.1. The van der Waals surface area contributed by atoms with Crippen LogP contribution in [0.5, 0.6) is 5.75 Å². The molecule has 1 aromatic carbocycles. The molecule has 1 unspecified atom stereocenters. The van der Waals surface area contributed by atoms with Gasteiger partial charge in [-0.15, -0.1) is 11.3 Å². The largest absolute Gasteiger partial charge is 0.484 e. The van der Waals surface area contributed by atoms with Gasteiger partial charge in [0.1, 0.15) is 40.5 Å². The molecular formula is C21H19FN4O5S2. The molecule has 0 bridgehead atoms. The van der Waals surface area contributed by atoms with Crippen LogP contribution in [-0.2, 0) is 20.9 Å². The average Bonchev–Trinajstić information content (AvgIpc) is 3.35. The highest BCUT2D eigenvalue weighted by molar-refractivity contribution is 7.85. The quantitative estimate of drug-likeness (QED) is 0.375. The van der Waals surface area contributed by atoms with Crippen LogP contribution in [0.4, 0.5) is 4.39 Å². The Bertz CT molecular complexity index is 1450. The Morgan fingerprint density at radius 3 is 2.73 bits per heavy atom. The number of primary amides is 1. The molecule has 12 heteroatoms. The van der Waals surface area contributed by atoms with Crippen LogP contribution in [0.25, 0.3) is 16.0 Å². The van der Waals surface area contributed by atoms with Crippen LogP contribution in [0, 0.1) is 5.82 Å². The highest BCUT2D eigenvalue weighted by atomic mass is 32.2. The average molecular weight is 491 g/mol. The second kappa shape index (κ2) is 8.89. The third kappa shape index (κ3) is 5.02. The lowest BCUT2D eigenvalue weighted by Crippen LogP contribution is -2.12. The Morgan fingerprint density at radius 2 is 2.03 bits per heavy atom. The standard InChI is InChI=1S/C21H19FN4O5S2/c1-12(14-5-3-4-6-15(14)22)31-18-8-19(32-20(18)21(23)27)26-11-25-16-7-13(24-9-17(16)26)10-30-33(2,28)29/h3-9,11-12H,10H2,1-2H3,(H2,23,27). The minimum Gasteiger partial charge on any atom is -0.484 e. The molecule has 0 aliphatic carbocycles. The van der Waals surface area contributed by atoms with Crippen molar-refractivity contribution >= 4 is 38.4 Å². The fourth-order valence-corrected chi connectivity index (χ4v) is 4.43. The van der Waals surface area contributed by atoms with Crippen LogP contribution >= 0.6 is 11.3 Å². The van der Waals surface area contributed by atoms with Gasteiger partial charge in [0.25, 0.3) is 16.0 Å². The van der Waals surface area contributed by atoms with Crippen molar-refractivity contribution in [3.63, 3.8) is 0 Å². The molecule has 1 atom stereocenters. The van der Waals surface area contributed by atoms with Gasteiger partial charge < -0.3 is 10.5 Å². The topological polar surface area (TPSA) is 126 Å². The number of hydrogen-bond donors (Lipinski definition) is 1. The summed E-state index contributed by atoms with van der Waals surface area (Å²) in [6.45, 7) is 1.47. The van der Waals surface area contributed by atoms with Crippen LogP contribution in [0.1, 0.15) is 34.0 Å². The van der Waals surface area contributed by atoms with Crippen LogP contribution in [0.2, 0.25) is 0 Å². The normalized spacial score (nSPS) is 12.7. The molecule has 9 nitrogen and oxygen atoms in total. The van der Waals surface area contributed by atoms with E-state index >= 15 is 0 Å². The van der Waals surface area contributed by atoms with Gasteiger partial charge in [-0.1, -0.05) is 18.2 Å². The summed E-state index contributed by atoms with van der Waals surface area (Å²) in [5.74, 6) is -0.862. The molecule has 33 heavy (non-hydrogen) atoms. The molecule has 2 N–H and O–H groups in total. The van der Waals surface area contributed by atoms with E-state index in [2.05, 4.69) is 9.97 Å². The van der Waals surface area contributed by atoms with Crippen molar-refractivity contribution in [1.29, 1.82) is 0 Å². The number of benzene rings is 1. The maximum Gasteiger partial charge on any atom is 0.264 e. The first-order valence-electron chi connectivity index (χ1n) is 9.64. The molecule has 0 saturated heterocycles. The van der Waals surface area contributed by atoms with Crippen molar-refractivity contribution in [2.75, 3.05) is 6.26 Å². The Balaban J connectivity index is 1.65. The van der Waals surface area contributed by atoms with Gasteiger partial charge in [0, 0.05) is 11.6 Å². The molecule has 0 spiro atoms. The number of thiophene rings is 1. The smallest absolute Gasteiger partial charge is 0.264 e. The van der Waals surface area contributed by atoms with Crippen molar-refractivity contribution < 1.29 is 26.5 Å². The number of ether oxygens (including phenoxy) is 1. The van der Waals surface area contributed by atoms with Crippen LogP contribution in [-0.4, -0.2) is 35.1 Å². The summed E-state index contributed by atoms with van der Waals surface area (Å²) in [6.07, 6.45) is 3.36. The minimum atomic E-state index is -3.60. The summed E-state index contributed by atoms with van der Waals surface area (Å²) >= 11 is 1.10. The summed E-state index contributed by atoms with van der Waals surface area (Å²) in [4.78, 5) is 20.8. The fraction of sp³-hybridized carbons (Fsp3) is 0.190. The molecule has 0 saturated carbocycles. The molecule has 3 heterocycles. The van der Waals surface area contributed by atoms with Gasteiger partial charge in [-0.3, -0.25) is 18.5 Å². The number of rotatable bonds is 8. The lowest BCUT2D eigenvalue weighted by molar-refractivity contribution is 0.0998. The Kier molecular flexibility index (Phi) is 6.15. The summed E-state index contributed by atoms with van der Waals surface area (Å²) < 4.78 is 48.9. The molecule has 4 rings (SSSR count). The third-order valence-electron chi connectivity index (χ3n) is 4.70. The molecule has 4 aromatic rings. The monoisotopic (exact) mass is 490 g/mol. The molecule has 0 aliphatic rings. The maximum absolute atomic E-state index is 14.1. The van der Waals surface area contributed by atoms with Crippen molar-refractivity contribution in [3.8, 4) is 10.8 Å². The van der Waals surface area contributed by atoms with Crippen LogP contribution < -0.4 is 10.5 Å². The van der Waals surface area contributed by atoms with E-state index in [-0.39, 0.29) is 17.2 Å². The van der Waals surface area contributed by atoms with E-state index in [0.29, 0.717) is 27.3 Å². The number of imidazole rings is 1. The molecule has 0 fully saturated rings. The number of halogens is 1. The predicted molar refractivity (Wildman–Crippen MR) is 120 cm³/mol. The molecule has 3 aromatic heterocycles. The lowest BCUT2D eigenvalue weighted by atomic mass is 10.1. The summed E-state index contributed by atoms with van der Waals surface area (Å²) in [6, 6.07) is 9.47. The van der Waals surface area contributed by atoms with E-state index in [9.17, 15) is 17.6 Å². The van der Waals surface area contributed by atoms with Gasteiger partial charge in [0.15, 0.2) is 0 Å². The van der Waals surface area contributed by atoms with E-state index in [4.69, 9.17) is 14.7 Å². The van der Waals surface area contributed by atoms with Gasteiger partial charge in [-0.05, 0) is 19.1 Å². The first-order valence-corrected chi connectivity index (χ1v) is 12.3. The van der Waals surface area contributed by atoms with E-state index < -0.39 is 27.9 Å². The van der Waals surface area contributed by atoms with E-state index in [1.54, 1.807) is 41.8 Å². The molecule has 1 amide bonds. The number of amides is 1. The highest BCUT2D eigenvalue weighted by Crippen LogP contribution is 2.36. The molecule has 0 radical (unpaired) electrons. The number of fused-ring (bicyclic) bond motifs is 1. The predicted octanol–water partition coefficient (Wildman–Crippen LogP) is 3.34.